The van der Waals surface area contributed by atoms with E-state index in [0.29, 0.717) is 0 Å². The number of piperidine rings is 1. The lowest BCUT2D eigenvalue weighted by atomic mass is 9.97. The lowest BCUT2D eigenvalue weighted by Gasteiger charge is -2.28. The summed E-state index contributed by atoms with van der Waals surface area (Å²) in [5, 5.41) is 0.758. The fraction of sp³-hybridized carbons (Fsp3) is 0.550. The molecule has 2 saturated heterocycles. The lowest BCUT2D eigenvalue weighted by Crippen LogP contribution is -2.37. The number of carbonyl (C=O) groups excluding carboxylic acids is 1. The highest BCUT2D eigenvalue weighted by atomic mass is 35.5. The highest BCUT2D eigenvalue weighted by Gasteiger charge is 2.38. The Kier molecular flexibility index (Phi) is 5.62. The minimum absolute atomic E-state index is 0.132. The number of halogens is 1. The number of likely N-dealkylation sites (tertiary alicyclic amines) is 2. The zero-order valence-corrected chi connectivity index (χ0v) is 15.4. The van der Waals surface area contributed by atoms with Crippen molar-refractivity contribution < 1.29 is 4.79 Å². The van der Waals surface area contributed by atoms with Crippen molar-refractivity contribution in [2.75, 3.05) is 26.7 Å². The number of hydrogen-bond donors (Lipinski definition) is 0. The first-order valence-corrected chi connectivity index (χ1v) is 9.36. The first-order valence-electron chi connectivity index (χ1n) is 8.98. The monoisotopic (exact) mass is 346 g/mol. The molecule has 0 aliphatic carbocycles. The molecule has 24 heavy (non-hydrogen) atoms. The Morgan fingerprint density at radius 1 is 1.25 bits per heavy atom. The second kappa shape index (κ2) is 7.71. The van der Waals surface area contributed by atoms with Crippen LogP contribution in [0.25, 0.3) is 6.08 Å². The van der Waals surface area contributed by atoms with Gasteiger partial charge in [0.15, 0.2) is 0 Å². The number of nitrogens with zero attached hydrogens (tertiary/aromatic N) is 2. The lowest BCUT2D eigenvalue weighted by molar-refractivity contribution is -0.131. The molecule has 0 bridgehead atoms. The third-order valence-electron chi connectivity index (χ3n) is 5.41. The SMILES string of the molecule is CC(=Cc1ccccc1Cl)C1CC(CN2CCCCC2)C(=O)N1C. The maximum absolute atomic E-state index is 12.7. The normalized spacial score (nSPS) is 26.2. The summed E-state index contributed by atoms with van der Waals surface area (Å²) in [7, 11) is 1.94. The Morgan fingerprint density at radius 3 is 2.67 bits per heavy atom. The summed E-state index contributed by atoms with van der Waals surface area (Å²) in [6.07, 6.45) is 6.91. The highest BCUT2D eigenvalue weighted by Crippen LogP contribution is 2.31. The molecule has 0 radical (unpaired) electrons. The fourth-order valence-corrected chi connectivity index (χ4v) is 4.19. The Hall–Kier alpha value is -1.32. The molecule has 2 fully saturated rings. The van der Waals surface area contributed by atoms with E-state index in [9.17, 15) is 4.79 Å². The molecule has 4 heteroatoms. The Morgan fingerprint density at radius 2 is 1.96 bits per heavy atom. The summed E-state index contributed by atoms with van der Waals surface area (Å²) in [5.74, 6) is 0.421. The van der Waals surface area contributed by atoms with Crippen LogP contribution in [-0.4, -0.2) is 48.4 Å². The third kappa shape index (κ3) is 3.84. The van der Waals surface area contributed by atoms with Gasteiger partial charge in [-0.2, -0.15) is 0 Å². The molecule has 2 aliphatic rings. The maximum Gasteiger partial charge on any atom is 0.227 e. The van der Waals surface area contributed by atoms with Crippen LogP contribution in [0.2, 0.25) is 5.02 Å². The minimum Gasteiger partial charge on any atom is -0.339 e. The molecule has 1 aromatic carbocycles. The second-order valence-corrected chi connectivity index (χ2v) is 7.58. The second-order valence-electron chi connectivity index (χ2n) is 7.17. The minimum atomic E-state index is 0.132. The first kappa shape index (κ1) is 17.5. The first-order chi connectivity index (χ1) is 11.6. The molecule has 3 rings (SSSR count). The van der Waals surface area contributed by atoms with Crippen LogP contribution in [0.3, 0.4) is 0 Å². The van der Waals surface area contributed by atoms with Crippen LogP contribution in [0.4, 0.5) is 0 Å². The average Bonchev–Trinajstić information content (AvgIpc) is 2.86. The molecule has 0 saturated carbocycles. The Labute approximate surface area is 150 Å². The maximum atomic E-state index is 12.7. The van der Waals surface area contributed by atoms with Crippen LogP contribution in [0.1, 0.15) is 38.2 Å². The Bertz CT molecular complexity index is 622. The van der Waals surface area contributed by atoms with Crippen molar-refractivity contribution in [3.8, 4) is 0 Å². The predicted molar refractivity (Wildman–Crippen MR) is 100 cm³/mol. The van der Waals surface area contributed by atoms with Gasteiger partial charge in [0.1, 0.15) is 0 Å². The van der Waals surface area contributed by atoms with E-state index in [1.165, 1.54) is 24.8 Å². The van der Waals surface area contributed by atoms with Gasteiger partial charge in [-0.3, -0.25) is 4.79 Å². The largest absolute Gasteiger partial charge is 0.339 e. The van der Waals surface area contributed by atoms with Crippen LogP contribution in [0, 0.1) is 5.92 Å². The van der Waals surface area contributed by atoms with Crippen molar-refractivity contribution in [3.63, 3.8) is 0 Å². The number of amides is 1. The van der Waals surface area contributed by atoms with Gasteiger partial charge in [0.05, 0.1) is 12.0 Å². The van der Waals surface area contributed by atoms with Gasteiger partial charge in [-0.25, -0.2) is 0 Å². The summed E-state index contributed by atoms with van der Waals surface area (Å²) < 4.78 is 0. The van der Waals surface area contributed by atoms with E-state index in [1.807, 2.05) is 36.2 Å². The summed E-state index contributed by atoms with van der Waals surface area (Å²) in [5.41, 5.74) is 2.23. The van der Waals surface area contributed by atoms with Crippen LogP contribution < -0.4 is 0 Å². The quantitative estimate of drug-likeness (QED) is 0.820. The van der Waals surface area contributed by atoms with E-state index in [-0.39, 0.29) is 17.9 Å². The van der Waals surface area contributed by atoms with Crippen molar-refractivity contribution in [1.29, 1.82) is 0 Å². The molecule has 1 aromatic rings. The van der Waals surface area contributed by atoms with Crippen LogP contribution >= 0.6 is 11.6 Å². The summed E-state index contributed by atoms with van der Waals surface area (Å²) in [6.45, 7) is 5.32. The standard InChI is InChI=1S/C20H27ClN2O/c1-15(12-16-8-4-5-9-18(16)21)19-13-17(20(24)22(19)2)14-23-10-6-3-7-11-23/h4-5,8-9,12,17,19H,3,6-7,10-11,13-14H2,1-2H3. The van der Waals surface area contributed by atoms with E-state index in [1.54, 1.807) is 0 Å². The molecular weight excluding hydrogens is 320 g/mol. The van der Waals surface area contributed by atoms with Crippen molar-refractivity contribution in [1.82, 2.24) is 9.80 Å². The van der Waals surface area contributed by atoms with Gasteiger partial charge in [0.2, 0.25) is 5.91 Å². The Balaban J connectivity index is 1.70. The van der Waals surface area contributed by atoms with Gasteiger partial charge in [0, 0.05) is 18.6 Å². The van der Waals surface area contributed by atoms with Gasteiger partial charge in [-0.15, -0.1) is 0 Å². The van der Waals surface area contributed by atoms with Crippen molar-refractivity contribution in [3.05, 3.63) is 40.4 Å². The van der Waals surface area contributed by atoms with Crippen molar-refractivity contribution in [2.45, 2.75) is 38.6 Å². The zero-order valence-electron chi connectivity index (χ0n) is 14.7. The number of rotatable bonds is 4. The molecule has 0 spiro atoms. The molecular formula is C20H27ClN2O. The molecule has 0 N–H and O–H groups in total. The van der Waals surface area contributed by atoms with Crippen molar-refractivity contribution in [2.24, 2.45) is 5.92 Å². The molecule has 2 atom stereocenters. The van der Waals surface area contributed by atoms with E-state index < -0.39 is 0 Å². The van der Waals surface area contributed by atoms with Crippen LogP contribution in [-0.2, 0) is 4.79 Å². The summed E-state index contributed by atoms with van der Waals surface area (Å²) in [4.78, 5) is 17.1. The van der Waals surface area contributed by atoms with E-state index in [4.69, 9.17) is 11.6 Å². The number of carbonyl (C=O) groups is 1. The number of likely N-dealkylation sites (N-methyl/N-ethyl adjacent to an activating group) is 1. The van der Waals surface area contributed by atoms with Gasteiger partial charge in [-0.1, -0.05) is 47.9 Å². The molecule has 2 aliphatic heterocycles. The van der Waals surface area contributed by atoms with Gasteiger partial charge < -0.3 is 9.80 Å². The van der Waals surface area contributed by atoms with Gasteiger partial charge >= 0.3 is 0 Å². The van der Waals surface area contributed by atoms with Crippen molar-refractivity contribution >= 4 is 23.6 Å². The fourth-order valence-electron chi connectivity index (χ4n) is 4.00. The highest BCUT2D eigenvalue weighted by molar-refractivity contribution is 6.32. The van der Waals surface area contributed by atoms with Crippen LogP contribution in [0.5, 0.6) is 0 Å². The summed E-state index contributed by atoms with van der Waals surface area (Å²) in [6, 6.07) is 8.04. The smallest absolute Gasteiger partial charge is 0.227 e. The summed E-state index contributed by atoms with van der Waals surface area (Å²) >= 11 is 6.27. The van der Waals surface area contributed by atoms with E-state index in [2.05, 4.69) is 17.9 Å². The van der Waals surface area contributed by atoms with E-state index >= 15 is 0 Å². The molecule has 1 amide bonds. The van der Waals surface area contributed by atoms with Gasteiger partial charge in [0.25, 0.3) is 0 Å². The topological polar surface area (TPSA) is 23.6 Å². The van der Waals surface area contributed by atoms with Crippen LogP contribution in [0.15, 0.2) is 29.8 Å². The number of hydrogen-bond acceptors (Lipinski definition) is 2. The predicted octanol–water partition coefficient (Wildman–Crippen LogP) is 4.08. The zero-order chi connectivity index (χ0) is 17.1. The molecule has 0 aromatic heterocycles. The molecule has 2 heterocycles. The number of benzene rings is 1. The third-order valence-corrected chi connectivity index (χ3v) is 5.76. The molecule has 2 unspecified atom stereocenters. The van der Waals surface area contributed by atoms with E-state index in [0.717, 1.165) is 36.6 Å². The molecule has 130 valence electrons. The molecule has 3 nitrogen and oxygen atoms in total. The van der Waals surface area contributed by atoms with Gasteiger partial charge in [-0.05, 0) is 50.9 Å². The average molecular weight is 347 g/mol.